The van der Waals surface area contributed by atoms with Gasteiger partial charge in [0.2, 0.25) is 0 Å². The van der Waals surface area contributed by atoms with Gasteiger partial charge in [0.05, 0.1) is 6.54 Å². The molecule has 1 N–H and O–H groups in total. The van der Waals surface area contributed by atoms with Gasteiger partial charge < -0.3 is 0 Å². The summed E-state index contributed by atoms with van der Waals surface area (Å²) in [5.41, 5.74) is 0.389. The number of carbonyl (C=O) groups excluding carboxylic acids is 1. The molecule has 5 heteroatoms. The van der Waals surface area contributed by atoms with Crippen molar-refractivity contribution in [2.75, 3.05) is 0 Å². The Labute approximate surface area is 103 Å². The summed E-state index contributed by atoms with van der Waals surface area (Å²) in [7, 11) is 0. The lowest BCUT2D eigenvalue weighted by Crippen LogP contribution is -2.31. The molecule has 0 atom stereocenters. The number of nitrogens with one attached hydrogen (secondary N) is 1. The number of aryl methyl sites for hydroxylation is 1. The summed E-state index contributed by atoms with van der Waals surface area (Å²) in [5, 5.41) is 0. The molecule has 2 rings (SSSR count). The molecule has 92 valence electrons. The molecule has 0 radical (unpaired) electrons. The Kier molecular flexibility index (Phi) is 3.23. The Balaban J connectivity index is 2.30. The summed E-state index contributed by atoms with van der Waals surface area (Å²) >= 11 is 0. The molecule has 0 bridgehead atoms. The Bertz CT molecular complexity index is 698. The fourth-order valence-electron chi connectivity index (χ4n) is 1.69. The first-order valence-corrected chi connectivity index (χ1v) is 5.46. The molecule has 0 fully saturated rings. The normalized spacial score (nSPS) is 10.3. The summed E-state index contributed by atoms with van der Waals surface area (Å²) in [6, 6.07) is 8.39. The van der Waals surface area contributed by atoms with E-state index >= 15 is 0 Å². The number of Topliss-reactive ketones (excluding diaryl/α,β-unsaturated/α-hetero) is 1. The molecule has 1 aromatic heterocycles. The van der Waals surface area contributed by atoms with Crippen molar-refractivity contribution in [3.8, 4) is 0 Å². The lowest BCUT2D eigenvalue weighted by atomic mass is 10.1. The maximum Gasteiger partial charge on any atom is 0.328 e. The molecule has 1 aromatic carbocycles. The van der Waals surface area contributed by atoms with Gasteiger partial charge in [0.15, 0.2) is 5.78 Å². The first-order chi connectivity index (χ1) is 8.58. The second-order valence-electron chi connectivity index (χ2n) is 3.98. The molecular formula is C13H12N2O3. The number of nitrogens with zero attached hydrogens (tertiary/aromatic N) is 1. The Hall–Kier alpha value is -2.43. The van der Waals surface area contributed by atoms with Gasteiger partial charge >= 0.3 is 5.69 Å². The third-order valence-corrected chi connectivity index (χ3v) is 2.66. The molecule has 1 heterocycles. The van der Waals surface area contributed by atoms with Gasteiger partial charge in [-0.1, -0.05) is 24.3 Å². The van der Waals surface area contributed by atoms with E-state index in [-0.39, 0.29) is 12.3 Å². The number of hydrogen-bond acceptors (Lipinski definition) is 3. The average molecular weight is 244 g/mol. The third kappa shape index (κ3) is 2.45. The minimum absolute atomic E-state index is 0.0829. The number of benzene rings is 1. The van der Waals surface area contributed by atoms with Crippen LogP contribution < -0.4 is 11.2 Å². The van der Waals surface area contributed by atoms with Gasteiger partial charge in [-0.15, -0.1) is 0 Å². The number of aromatic nitrogens is 2. The van der Waals surface area contributed by atoms with Crippen LogP contribution in [0.2, 0.25) is 0 Å². The smallest absolute Gasteiger partial charge is 0.293 e. The number of rotatable bonds is 3. The van der Waals surface area contributed by atoms with Crippen LogP contribution in [-0.2, 0) is 6.54 Å². The van der Waals surface area contributed by atoms with E-state index in [4.69, 9.17) is 0 Å². The molecule has 2 aromatic rings. The predicted octanol–water partition coefficient (Wildman–Crippen LogP) is 0.728. The first kappa shape index (κ1) is 12.0. The molecular weight excluding hydrogens is 232 g/mol. The van der Waals surface area contributed by atoms with Crippen molar-refractivity contribution in [2.24, 2.45) is 0 Å². The first-order valence-electron chi connectivity index (χ1n) is 5.46. The van der Waals surface area contributed by atoms with Crippen LogP contribution in [0.15, 0.2) is 46.1 Å². The van der Waals surface area contributed by atoms with Crippen LogP contribution in [0.5, 0.6) is 0 Å². The standard InChI is InChI=1S/C13H12N2O3/c1-9-4-2-3-5-10(9)11(16)8-15-7-6-12(17)14-13(15)18/h2-7H,8H2,1H3,(H,14,17,18). The zero-order valence-corrected chi connectivity index (χ0v) is 9.84. The van der Waals surface area contributed by atoms with Gasteiger partial charge in [0.1, 0.15) is 0 Å². The summed E-state index contributed by atoms with van der Waals surface area (Å²) in [6.45, 7) is 1.75. The molecule has 0 aliphatic heterocycles. The fraction of sp³-hybridized carbons (Fsp3) is 0.154. The van der Waals surface area contributed by atoms with Gasteiger partial charge in [0, 0.05) is 17.8 Å². The van der Waals surface area contributed by atoms with Gasteiger partial charge in [-0.25, -0.2) is 4.79 Å². The third-order valence-electron chi connectivity index (χ3n) is 2.66. The Morgan fingerprint density at radius 2 is 1.94 bits per heavy atom. The Morgan fingerprint density at radius 1 is 1.22 bits per heavy atom. The second kappa shape index (κ2) is 4.83. The second-order valence-corrected chi connectivity index (χ2v) is 3.98. The highest BCUT2D eigenvalue weighted by Crippen LogP contribution is 2.08. The number of carbonyl (C=O) groups is 1. The van der Waals surface area contributed by atoms with Gasteiger partial charge in [-0.05, 0) is 12.5 Å². The van der Waals surface area contributed by atoms with Crippen LogP contribution >= 0.6 is 0 Å². The Morgan fingerprint density at radius 3 is 2.61 bits per heavy atom. The number of ketones is 1. The van der Waals surface area contributed by atoms with E-state index in [0.29, 0.717) is 5.56 Å². The van der Waals surface area contributed by atoms with Crippen LogP contribution in [0, 0.1) is 6.92 Å². The quantitative estimate of drug-likeness (QED) is 0.809. The monoisotopic (exact) mass is 244 g/mol. The van der Waals surface area contributed by atoms with E-state index < -0.39 is 11.2 Å². The SMILES string of the molecule is Cc1ccccc1C(=O)Cn1ccc(=O)[nH]c1=O. The van der Waals surface area contributed by atoms with Crippen molar-refractivity contribution in [3.05, 3.63) is 68.5 Å². The average Bonchev–Trinajstić information content (AvgIpc) is 2.33. The van der Waals surface area contributed by atoms with E-state index in [1.54, 1.807) is 12.1 Å². The number of H-pyrrole nitrogens is 1. The van der Waals surface area contributed by atoms with E-state index in [0.717, 1.165) is 5.56 Å². The summed E-state index contributed by atoms with van der Waals surface area (Å²) in [4.78, 5) is 36.5. The fourth-order valence-corrected chi connectivity index (χ4v) is 1.69. The van der Waals surface area contributed by atoms with Gasteiger partial charge in [-0.2, -0.15) is 0 Å². The minimum atomic E-state index is -0.579. The highest BCUT2D eigenvalue weighted by Gasteiger charge is 2.09. The van der Waals surface area contributed by atoms with Crippen LogP contribution in [0.25, 0.3) is 0 Å². The van der Waals surface area contributed by atoms with Crippen molar-refractivity contribution < 1.29 is 4.79 Å². The van der Waals surface area contributed by atoms with E-state index in [2.05, 4.69) is 4.98 Å². The lowest BCUT2D eigenvalue weighted by Gasteiger charge is -2.06. The molecule has 0 aliphatic rings. The van der Waals surface area contributed by atoms with Crippen LogP contribution in [0.1, 0.15) is 15.9 Å². The van der Waals surface area contributed by atoms with Crippen LogP contribution in [-0.4, -0.2) is 15.3 Å². The number of aromatic amines is 1. The minimum Gasteiger partial charge on any atom is -0.293 e. The molecule has 0 spiro atoms. The summed E-state index contributed by atoms with van der Waals surface area (Å²) in [6.07, 6.45) is 1.32. The van der Waals surface area contributed by atoms with Crippen molar-refractivity contribution in [2.45, 2.75) is 13.5 Å². The maximum atomic E-state index is 12.0. The van der Waals surface area contributed by atoms with Crippen molar-refractivity contribution in [1.29, 1.82) is 0 Å². The molecule has 18 heavy (non-hydrogen) atoms. The van der Waals surface area contributed by atoms with Gasteiger partial charge in [-0.3, -0.25) is 19.1 Å². The number of hydrogen-bond donors (Lipinski definition) is 1. The van der Waals surface area contributed by atoms with Crippen molar-refractivity contribution >= 4 is 5.78 Å². The molecule has 0 unspecified atom stereocenters. The van der Waals surface area contributed by atoms with Gasteiger partial charge in [0.25, 0.3) is 5.56 Å². The van der Waals surface area contributed by atoms with Crippen LogP contribution in [0.4, 0.5) is 0 Å². The van der Waals surface area contributed by atoms with Crippen molar-refractivity contribution in [3.63, 3.8) is 0 Å². The molecule has 0 amide bonds. The zero-order chi connectivity index (χ0) is 13.1. The molecule has 0 aliphatic carbocycles. The molecule has 0 saturated carbocycles. The predicted molar refractivity (Wildman–Crippen MR) is 66.8 cm³/mol. The highest BCUT2D eigenvalue weighted by atomic mass is 16.2. The van der Waals surface area contributed by atoms with E-state index in [9.17, 15) is 14.4 Å². The highest BCUT2D eigenvalue weighted by molar-refractivity contribution is 5.97. The zero-order valence-electron chi connectivity index (χ0n) is 9.84. The molecule has 0 saturated heterocycles. The van der Waals surface area contributed by atoms with E-state index in [1.807, 2.05) is 19.1 Å². The molecule has 5 nitrogen and oxygen atoms in total. The van der Waals surface area contributed by atoms with E-state index in [1.165, 1.54) is 16.8 Å². The topological polar surface area (TPSA) is 71.9 Å². The summed E-state index contributed by atoms with van der Waals surface area (Å²) < 4.78 is 1.18. The summed E-state index contributed by atoms with van der Waals surface area (Å²) in [5.74, 6) is -0.165. The maximum absolute atomic E-state index is 12.0. The lowest BCUT2D eigenvalue weighted by molar-refractivity contribution is 0.0969. The van der Waals surface area contributed by atoms with Crippen LogP contribution in [0.3, 0.4) is 0 Å². The largest absolute Gasteiger partial charge is 0.328 e. The van der Waals surface area contributed by atoms with Crippen molar-refractivity contribution in [1.82, 2.24) is 9.55 Å².